The van der Waals surface area contributed by atoms with Gasteiger partial charge >= 0.3 is 50.1 Å². The Labute approximate surface area is 50.8 Å². The van der Waals surface area contributed by atoms with Crippen LogP contribution in [0.15, 0.2) is 0 Å². The number of rotatable bonds is 0. The Kier molecular flexibility index (Phi) is 3.07. The van der Waals surface area contributed by atoms with Gasteiger partial charge in [-0.15, -0.1) is 0 Å². The van der Waals surface area contributed by atoms with Crippen LogP contribution in [-0.4, -0.2) is 10.9 Å². The van der Waals surface area contributed by atoms with Gasteiger partial charge in [0.1, 0.15) is 0 Å². The first-order chi connectivity index (χ1) is 3.48. The first-order valence-corrected chi connectivity index (χ1v) is 3.92. The van der Waals surface area contributed by atoms with E-state index < -0.39 is 10.9 Å². The first kappa shape index (κ1) is 8.51. The second kappa shape index (κ2) is 2.88. The van der Waals surface area contributed by atoms with Crippen molar-refractivity contribution in [1.82, 2.24) is 0 Å². The summed E-state index contributed by atoms with van der Waals surface area (Å²) in [5, 5.41) is 0. The molecule has 8 heavy (non-hydrogen) atoms. The van der Waals surface area contributed by atoms with Gasteiger partial charge in [-0.3, -0.25) is 0 Å². The Morgan fingerprint density at radius 1 is 1.38 bits per heavy atom. The molecule has 0 aliphatic rings. The number of hydrogen-bond acceptors (Lipinski definition) is 0. The van der Waals surface area contributed by atoms with Gasteiger partial charge in [0.25, 0.3) is 0 Å². The Morgan fingerprint density at radius 2 is 1.75 bits per heavy atom. The van der Waals surface area contributed by atoms with E-state index in [0.717, 1.165) is 0 Å². The van der Waals surface area contributed by atoms with E-state index >= 15 is 0 Å². The molecule has 0 fully saturated rings. The van der Waals surface area contributed by atoms with E-state index in [-0.39, 0.29) is 13.6 Å². The van der Waals surface area contributed by atoms with Gasteiger partial charge in [0, 0.05) is 0 Å². The second-order valence-corrected chi connectivity index (χ2v) is 2.29. The Balaban J connectivity index is 4.03. The summed E-state index contributed by atoms with van der Waals surface area (Å²) in [5.41, 5.74) is 0. The number of alkyl halides is 3. The van der Waals surface area contributed by atoms with E-state index in [2.05, 4.69) is 0 Å². The Hall–Kier alpha value is 0.514. The molecule has 0 aliphatic heterocycles. The van der Waals surface area contributed by atoms with Crippen molar-refractivity contribution < 1.29 is 31.1 Å². The van der Waals surface area contributed by atoms with Gasteiger partial charge in [0.05, 0.1) is 0 Å². The van der Waals surface area contributed by atoms with Crippen molar-refractivity contribution >= 4 is 12.8 Å². The molecule has 0 saturated carbocycles. The number of halogens is 4. The van der Waals surface area contributed by atoms with E-state index in [9.17, 15) is 17.6 Å². The predicted molar refractivity (Wildman–Crippen MR) is 21.9 cm³/mol. The molecule has 0 rings (SSSR count). The van der Waals surface area contributed by atoms with E-state index in [4.69, 9.17) is 0 Å². The summed E-state index contributed by atoms with van der Waals surface area (Å²) in [4.78, 5) is 0. The molecule has 0 spiro atoms. The summed E-state index contributed by atoms with van der Waals surface area (Å²) < 4.78 is 42.4. The van der Waals surface area contributed by atoms with Crippen LogP contribution in [0, 0.1) is 0 Å². The maximum atomic E-state index is 11.4. The second-order valence-electron chi connectivity index (χ2n) is 0.822. The molecule has 0 saturated heterocycles. The normalized spacial score (nSPS) is 16.4. The van der Waals surface area contributed by atoms with Crippen LogP contribution in [0.5, 0.6) is 0 Å². The summed E-state index contributed by atoms with van der Waals surface area (Å²) in [6, 6.07) is 0. The van der Waals surface area contributed by atoms with Crippen molar-refractivity contribution in [2.45, 2.75) is 6.18 Å². The van der Waals surface area contributed by atoms with E-state index in [1.807, 2.05) is 0 Å². The fourth-order valence-corrected chi connectivity index (χ4v) is 0.640. The first-order valence-electron chi connectivity index (χ1n) is 1.35. The SMILES string of the molecule is F[C](=[Ni][PH2])C(F)(F)F. The maximum absolute atomic E-state index is 11.4. The summed E-state index contributed by atoms with van der Waals surface area (Å²) in [6.45, 7) is 0. The fraction of sp³-hybridized carbons (Fsp3) is 0.500. The van der Waals surface area contributed by atoms with E-state index in [0.29, 0.717) is 0 Å². The van der Waals surface area contributed by atoms with Gasteiger partial charge in [-0.05, 0) is 0 Å². The number of hydrogen-bond donors (Lipinski definition) is 0. The van der Waals surface area contributed by atoms with Gasteiger partial charge in [-0.1, -0.05) is 0 Å². The molecule has 0 aromatic rings. The van der Waals surface area contributed by atoms with Crippen LogP contribution in [0.4, 0.5) is 17.6 Å². The van der Waals surface area contributed by atoms with Crippen LogP contribution in [0.2, 0.25) is 0 Å². The molecule has 53 valence electrons. The average molecular weight is 192 g/mol. The molecular formula is C2H2F4NiP. The van der Waals surface area contributed by atoms with Crippen molar-refractivity contribution in [3.8, 4) is 0 Å². The van der Waals surface area contributed by atoms with Gasteiger partial charge in [-0.2, -0.15) is 0 Å². The van der Waals surface area contributed by atoms with Crippen molar-refractivity contribution in [1.29, 1.82) is 0 Å². The van der Waals surface area contributed by atoms with Crippen LogP contribution in [0.3, 0.4) is 0 Å². The summed E-state index contributed by atoms with van der Waals surface area (Å²) >= 11 is -0.186. The molecule has 0 radical (unpaired) electrons. The van der Waals surface area contributed by atoms with Crippen molar-refractivity contribution in [3.63, 3.8) is 0 Å². The van der Waals surface area contributed by atoms with Crippen LogP contribution in [0.1, 0.15) is 0 Å². The average Bonchev–Trinajstić information content (AvgIpc) is 1.62. The van der Waals surface area contributed by atoms with Crippen LogP contribution < -0.4 is 0 Å². The monoisotopic (exact) mass is 191 g/mol. The molecule has 0 heterocycles. The quantitative estimate of drug-likeness (QED) is 0.310. The molecule has 0 N–H and O–H groups in total. The van der Waals surface area contributed by atoms with E-state index in [1.165, 1.54) is 0 Å². The van der Waals surface area contributed by atoms with Gasteiger partial charge in [-0.25, -0.2) is 0 Å². The van der Waals surface area contributed by atoms with Gasteiger partial charge in [0.15, 0.2) is 0 Å². The van der Waals surface area contributed by atoms with Crippen molar-refractivity contribution in [3.05, 3.63) is 0 Å². The van der Waals surface area contributed by atoms with Crippen LogP contribution in [0.25, 0.3) is 0 Å². The molecule has 0 amide bonds. The molecule has 1 atom stereocenters. The molecule has 0 nitrogen and oxygen atoms in total. The minimum atomic E-state index is -4.79. The van der Waals surface area contributed by atoms with Gasteiger partial charge in [0.2, 0.25) is 0 Å². The zero-order chi connectivity index (χ0) is 6.78. The van der Waals surface area contributed by atoms with Crippen LogP contribution in [-0.2, 0) is 13.6 Å². The topological polar surface area (TPSA) is 0 Å². The third-order valence-corrected chi connectivity index (χ3v) is 1.47. The predicted octanol–water partition coefficient (Wildman–Crippen LogP) is 1.52. The summed E-state index contributed by atoms with van der Waals surface area (Å²) in [7, 11) is 1.59. The molecule has 0 aliphatic carbocycles. The molecule has 0 aromatic heterocycles. The standard InChI is InChI=1S/C2F4.Ni.H2P/c3-1-2(4,5)6;;/h;;1H2/q;+1;-1. The van der Waals surface area contributed by atoms with Crippen molar-refractivity contribution in [2.24, 2.45) is 0 Å². The fourth-order valence-electron chi connectivity index (χ4n) is 0.0518. The zero-order valence-electron chi connectivity index (χ0n) is 3.41. The Bertz CT molecular complexity index is 105. The van der Waals surface area contributed by atoms with Crippen molar-refractivity contribution in [2.75, 3.05) is 0 Å². The summed E-state index contributed by atoms with van der Waals surface area (Å²) in [5.74, 6) is 0. The van der Waals surface area contributed by atoms with E-state index in [1.54, 1.807) is 8.01 Å². The molecule has 1 unspecified atom stereocenters. The minimum absolute atomic E-state index is 0.186. The molecule has 6 heteroatoms. The molecular weight excluding hydrogens is 190 g/mol. The Morgan fingerprint density at radius 3 is 1.75 bits per heavy atom. The van der Waals surface area contributed by atoms with Crippen LogP contribution >= 0.6 is 8.01 Å². The third kappa shape index (κ3) is 2.73. The molecule has 0 aromatic carbocycles. The third-order valence-electron chi connectivity index (χ3n) is 0.277. The van der Waals surface area contributed by atoms with Gasteiger partial charge < -0.3 is 0 Å². The molecule has 0 bridgehead atoms. The zero-order valence-corrected chi connectivity index (χ0v) is 5.55. The summed E-state index contributed by atoms with van der Waals surface area (Å²) in [6.07, 6.45) is -4.79.